The molecule has 1 aliphatic heterocycles. The number of hydrogen-bond donors (Lipinski definition) is 0. The van der Waals surface area contributed by atoms with Gasteiger partial charge >= 0.3 is 5.97 Å². The predicted molar refractivity (Wildman–Crippen MR) is 106 cm³/mol. The summed E-state index contributed by atoms with van der Waals surface area (Å²) in [6.07, 6.45) is -0.912. The number of methoxy groups -OCH3 is 2. The van der Waals surface area contributed by atoms with Crippen molar-refractivity contribution >= 4 is 23.3 Å². The first-order valence-corrected chi connectivity index (χ1v) is 9.26. The van der Waals surface area contributed by atoms with Crippen LogP contribution >= 0.6 is 0 Å². The number of anilines is 1. The maximum atomic E-state index is 12.6. The minimum atomic E-state index is -0.926. The van der Waals surface area contributed by atoms with Crippen molar-refractivity contribution in [1.29, 1.82) is 0 Å². The first kappa shape index (κ1) is 20.4. The number of ketones is 1. The molecule has 0 aliphatic carbocycles. The molecule has 0 aromatic heterocycles. The topological polar surface area (TPSA) is 82.1 Å². The van der Waals surface area contributed by atoms with E-state index in [0.29, 0.717) is 22.7 Å². The van der Waals surface area contributed by atoms with Gasteiger partial charge in [-0.15, -0.1) is 0 Å². The summed E-state index contributed by atoms with van der Waals surface area (Å²) in [5.41, 5.74) is 1.03. The summed E-state index contributed by atoms with van der Waals surface area (Å²) >= 11 is 0. The Balaban J connectivity index is 1.68. The number of esters is 1. The Kier molecular flexibility index (Phi) is 6.16. The van der Waals surface area contributed by atoms with Crippen LogP contribution in [0.2, 0.25) is 0 Å². The van der Waals surface area contributed by atoms with Crippen LogP contribution in [0.5, 0.6) is 11.5 Å². The third kappa shape index (κ3) is 4.39. The third-order valence-corrected chi connectivity index (χ3v) is 4.86. The molecule has 3 rings (SSSR count). The second-order valence-corrected chi connectivity index (χ2v) is 6.75. The number of hydrogen-bond acceptors (Lipinski definition) is 6. The van der Waals surface area contributed by atoms with Crippen molar-refractivity contribution in [2.75, 3.05) is 25.7 Å². The number of carbonyl (C=O) groups excluding carboxylic acids is 3. The summed E-state index contributed by atoms with van der Waals surface area (Å²) in [5, 5.41) is 0. The number of benzene rings is 2. The zero-order valence-electron chi connectivity index (χ0n) is 16.6. The van der Waals surface area contributed by atoms with Gasteiger partial charge in [0.25, 0.3) is 0 Å². The van der Waals surface area contributed by atoms with Crippen molar-refractivity contribution in [3.8, 4) is 11.5 Å². The minimum Gasteiger partial charge on any atom is -0.497 e. The molecular formula is C22H23NO6. The summed E-state index contributed by atoms with van der Waals surface area (Å²) in [6, 6.07) is 13.7. The third-order valence-electron chi connectivity index (χ3n) is 4.86. The molecule has 2 aromatic rings. The predicted octanol–water partition coefficient (Wildman–Crippen LogP) is 2.87. The van der Waals surface area contributed by atoms with Gasteiger partial charge in [0.05, 0.1) is 25.8 Å². The number of amides is 1. The quantitative estimate of drug-likeness (QED) is 0.528. The van der Waals surface area contributed by atoms with Gasteiger partial charge in [-0.25, -0.2) is 0 Å². The number of nitrogens with zero attached hydrogens (tertiary/aromatic N) is 1. The highest BCUT2D eigenvalue weighted by Gasteiger charge is 2.38. The molecule has 0 bridgehead atoms. The van der Waals surface area contributed by atoms with Crippen LogP contribution in [-0.2, 0) is 14.3 Å². The van der Waals surface area contributed by atoms with E-state index in [1.807, 2.05) is 0 Å². The number of ether oxygens (including phenoxy) is 3. The van der Waals surface area contributed by atoms with E-state index < -0.39 is 18.0 Å². The molecular weight excluding hydrogens is 374 g/mol. The van der Waals surface area contributed by atoms with Crippen LogP contribution in [0.15, 0.2) is 48.5 Å². The van der Waals surface area contributed by atoms with Crippen molar-refractivity contribution < 1.29 is 28.6 Å². The summed E-state index contributed by atoms with van der Waals surface area (Å²) in [6.45, 7) is 1.70. The van der Waals surface area contributed by atoms with E-state index in [-0.39, 0.29) is 24.7 Å². The van der Waals surface area contributed by atoms with Crippen LogP contribution in [0.3, 0.4) is 0 Å². The molecule has 1 aliphatic rings. The van der Waals surface area contributed by atoms with Crippen LogP contribution < -0.4 is 14.4 Å². The van der Waals surface area contributed by atoms with E-state index in [9.17, 15) is 14.4 Å². The fourth-order valence-electron chi connectivity index (χ4n) is 3.27. The fourth-order valence-corrected chi connectivity index (χ4v) is 3.27. The Hall–Kier alpha value is -3.35. The summed E-state index contributed by atoms with van der Waals surface area (Å²) in [5.74, 6) is -0.638. The van der Waals surface area contributed by atoms with Crippen LogP contribution in [0.25, 0.3) is 0 Å². The summed E-state index contributed by atoms with van der Waals surface area (Å²) in [4.78, 5) is 39.0. The van der Waals surface area contributed by atoms with Crippen LogP contribution in [0.1, 0.15) is 23.7 Å². The zero-order valence-corrected chi connectivity index (χ0v) is 16.6. The lowest BCUT2D eigenvalue weighted by atomic mass is 10.1. The van der Waals surface area contributed by atoms with E-state index in [1.54, 1.807) is 55.6 Å². The van der Waals surface area contributed by atoms with Crippen LogP contribution in [0.4, 0.5) is 5.69 Å². The van der Waals surface area contributed by atoms with E-state index in [2.05, 4.69) is 0 Å². The molecule has 0 spiro atoms. The molecule has 29 heavy (non-hydrogen) atoms. The smallest absolute Gasteiger partial charge is 0.312 e. The number of carbonyl (C=O) groups is 3. The Morgan fingerprint density at radius 3 is 2.45 bits per heavy atom. The van der Waals surface area contributed by atoms with Gasteiger partial charge in [0.15, 0.2) is 6.10 Å². The molecule has 7 nitrogen and oxygen atoms in total. The fraction of sp³-hybridized carbons (Fsp3) is 0.318. The van der Waals surface area contributed by atoms with Gasteiger partial charge in [0, 0.05) is 24.6 Å². The molecule has 2 atom stereocenters. The lowest BCUT2D eigenvalue weighted by Crippen LogP contribution is -2.30. The van der Waals surface area contributed by atoms with E-state index in [1.165, 1.54) is 18.9 Å². The highest BCUT2D eigenvalue weighted by molar-refractivity contribution is 6.02. The molecule has 0 saturated carbocycles. The van der Waals surface area contributed by atoms with Crippen molar-refractivity contribution in [1.82, 2.24) is 0 Å². The number of Topliss-reactive ketones (excluding diaryl/α,β-unsaturated/α-hetero) is 1. The van der Waals surface area contributed by atoms with Gasteiger partial charge in [-0.3, -0.25) is 14.4 Å². The lowest BCUT2D eigenvalue weighted by molar-refractivity contribution is -0.151. The van der Waals surface area contributed by atoms with Crippen molar-refractivity contribution in [2.45, 2.75) is 19.4 Å². The molecule has 0 N–H and O–H groups in total. The van der Waals surface area contributed by atoms with E-state index in [0.717, 1.165) is 0 Å². The molecule has 0 radical (unpaired) electrons. The van der Waals surface area contributed by atoms with Gasteiger partial charge < -0.3 is 19.1 Å². The maximum absolute atomic E-state index is 12.6. The van der Waals surface area contributed by atoms with Gasteiger partial charge in [0.1, 0.15) is 11.5 Å². The van der Waals surface area contributed by atoms with Crippen molar-refractivity contribution in [3.05, 3.63) is 54.1 Å². The molecule has 1 fully saturated rings. The highest BCUT2D eigenvalue weighted by atomic mass is 16.5. The average Bonchev–Trinajstić information content (AvgIpc) is 3.14. The average molecular weight is 397 g/mol. The SMILES string of the molecule is COc1ccc(N2C[C@@H](C(=O)O[C@H](C)C(=O)c3ccccc3)CC2=O)c(OC)c1. The molecule has 152 valence electrons. The Labute approximate surface area is 169 Å². The van der Waals surface area contributed by atoms with Crippen LogP contribution in [0, 0.1) is 5.92 Å². The largest absolute Gasteiger partial charge is 0.497 e. The molecule has 1 amide bonds. The highest BCUT2D eigenvalue weighted by Crippen LogP contribution is 2.36. The molecule has 1 heterocycles. The maximum Gasteiger partial charge on any atom is 0.312 e. The molecule has 7 heteroatoms. The Morgan fingerprint density at radius 2 is 1.79 bits per heavy atom. The van der Waals surface area contributed by atoms with E-state index >= 15 is 0 Å². The van der Waals surface area contributed by atoms with Gasteiger partial charge in [-0.2, -0.15) is 0 Å². The Bertz CT molecular complexity index is 911. The van der Waals surface area contributed by atoms with Gasteiger partial charge in [-0.05, 0) is 19.1 Å². The molecule has 0 unspecified atom stereocenters. The first-order chi connectivity index (χ1) is 13.9. The minimum absolute atomic E-state index is 0.0142. The molecule has 2 aromatic carbocycles. The Morgan fingerprint density at radius 1 is 1.07 bits per heavy atom. The molecule has 1 saturated heterocycles. The summed E-state index contributed by atoms with van der Waals surface area (Å²) < 4.78 is 15.9. The standard InChI is InChI=1S/C22H23NO6/c1-14(21(25)15-7-5-4-6-8-15)29-22(26)16-11-20(24)23(13-16)18-10-9-17(27-2)12-19(18)28-3/h4-10,12,14,16H,11,13H2,1-3H3/t14-,16+/m1/s1. The van der Waals surface area contributed by atoms with Gasteiger partial charge in [0.2, 0.25) is 11.7 Å². The lowest BCUT2D eigenvalue weighted by Gasteiger charge is -2.20. The van der Waals surface area contributed by atoms with Crippen molar-refractivity contribution in [2.24, 2.45) is 5.92 Å². The second kappa shape index (κ2) is 8.77. The van der Waals surface area contributed by atoms with E-state index in [4.69, 9.17) is 14.2 Å². The van der Waals surface area contributed by atoms with Crippen molar-refractivity contribution in [3.63, 3.8) is 0 Å². The van der Waals surface area contributed by atoms with Gasteiger partial charge in [-0.1, -0.05) is 30.3 Å². The first-order valence-electron chi connectivity index (χ1n) is 9.26. The second-order valence-electron chi connectivity index (χ2n) is 6.75. The zero-order chi connectivity index (χ0) is 21.0. The van der Waals surface area contributed by atoms with Crippen LogP contribution in [-0.4, -0.2) is 44.5 Å². The normalized spacial score (nSPS) is 17.0. The summed E-state index contributed by atoms with van der Waals surface area (Å²) in [7, 11) is 3.04. The number of rotatable bonds is 7. The monoisotopic (exact) mass is 397 g/mol.